The van der Waals surface area contributed by atoms with Crippen molar-refractivity contribution in [2.75, 3.05) is 0 Å². The molecule has 0 saturated carbocycles. The van der Waals surface area contributed by atoms with E-state index in [0.717, 1.165) is 19.8 Å². The molecular formula is C13H14BrFN2S. The monoisotopic (exact) mass is 328 g/mol. The fraction of sp³-hybridized carbons (Fsp3) is 0.231. The van der Waals surface area contributed by atoms with E-state index in [1.54, 1.807) is 11.3 Å². The van der Waals surface area contributed by atoms with Gasteiger partial charge in [-0.15, -0.1) is 11.3 Å². The summed E-state index contributed by atoms with van der Waals surface area (Å²) < 4.78 is 15.1. The van der Waals surface area contributed by atoms with E-state index < -0.39 is 0 Å². The molecule has 2 rings (SSSR count). The molecule has 1 unspecified atom stereocenters. The molecule has 1 aromatic heterocycles. The van der Waals surface area contributed by atoms with E-state index in [-0.39, 0.29) is 11.9 Å². The molecule has 0 spiro atoms. The maximum Gasteiger partial charge on any atom is 0.128 e. The third-order valence-electron chi connectivity index (χ3n) is 2.81. The minimum Gasteiger partial charge on any atom is -0.271 e. The lowest BCUT2D eigenvalue weighted by atomic mass is 9.98. The minimum absolute atomic E-state index is 0.222. The van der Waals surface area contributed by atoms with Crippen LogP contribution in [0.5, 0.6) is 0 Å². The van der Waals surface area contributed by atoms with Gasteiger partial charge in [0.25, 0.3) is 0 Å². The van der Waals surface area contributed by atoms with Crippen LogP contribution >= 0.6 is 27.3 Å². The van der Waals surface area contributed by atoms with Crippen LogP contribution in [0.1, 0.15) is 27.6 Å². The Balaban J connectivity index is 2.51. The van der Waals surface area contributed by atoms with E-state index >= 15 is 0 Å². The molecule has 0 bridgehead atoms. The van der Waals surface area contributed by atoms with Crippen molar-refractivity contribution in [1.82, 2.24) is 5.43 Å². The molecule has 0 fully saturated rings. The summed E-state index contributed by atoms with van der Waals surface area (Å²) in [5.41, 5.74) is 5.12. The number of rotatable bonds is 3. The number of benzene rings is 1. The predicted molar refractivity (Wildman–Crippen MR) is 77.1 cm³/mol. The number of hydrogen-bond donors (Lipinski definition) is 2. The van der Waals surface area contributed by atoms with Gasteiger partial charge < -0.3 is 0 Å². The Morgan fingerprint density at radius 3 is 2.56 bits per heavy atom. The van der Waals surface area contributed by atoms with Crippen LogP contribution in [0.2, 0.25) is 0 Å². The largest absolute Gasteiger partial charge is 0.271 e. The van der Waals surface area contributed by atoms with Gasteiger partial charge in [0.05, 0.1) is 9.83 Å². The molecule has 0 aliphatic rings. The molecule has 3 N–H and O–H groups in total. The topological polar surface area (TPSA) is 38.0 Å². The molecule has 0 radical (unpaired) electrons. The highest BCUT2D eigenvalue weighted by molar-refractivity contribution is 9.11. The van der Waals surface area contributed by atoms with Gasteiger partial charge in [-0.25, -0.2) is 9.82 Å². The first-order valence-electron chi connectivity index (χ1n) is 5.51. The van der Waals surface area contributed by atoms with Crippen LogP contribution in [0.4, 0.5) is 4.39 Å². The van der Waals surface area contributed by atoms with Gasteiger partial charge in [0.2, 0.25) is 0 Å². The second-order valence-corrected chi connectivity index (χ2v) is 6.71. The van der Waals surface area contributed by atoms with E-state index in [2.05, 4.69) is 21.4 Å². The van der Waals surface area contributed by atoms with Crippen LogP contribution in [-0.2, 0) is 0 Å². The van der Waals surface area contributed by atoms with E-state index in [9.17, 15) is 4.39 Å². The number of hydrogen-bond acceptors (Lipinski definition) is 3. The highest BCUT2D eigenvalue weighted by Crippen LogP contribution is 2.33. The highest BCUT2D eigenvalue weighted by atomic mass is 79.9. The van der Waals surface area contributed by atoms with Gasteiger partial charge in [0.15, 0.2) is 0 Å². The second-order valence-electron chi connectivity index (χ2n) is 4.22. The lowest BCUT2D eigenvalue weighted by Crippen LogP contribution is -2.29. The first kappa shape index (κ1) is 13.7. The van der Waals surface area contributed by atoms with Crippen molar-refractivity contribution < 1.29 is 4.39 Å². The number of thiophene rings is 1. The molecule has 2 aromatic rings. The summed E-state index contributed by atoms with van der Waals surface area (Å²) in [6, 6.07) is 7.06. The lowest BCUT2D eigenvalue weighted by Gasteiger charge is -2.18. The molecule has 0 aliphatic carbocycles. The van der Waals surface area contributed by atoms with Crippen LogP contribution in [0.3, 0.4) is 0 Å². The molecular weight excluding hydrogens is 315 g/mol. The molecule has 2 nitrogen and oxygen atoms in total. The molecule has 18 heavy (non-hydrogen) atoms. The summed E-state index contributed by atoms with van der Waals surface area (Å²) in [4.78, 5) is 0.982. The van der Waals surface area contributed by atoms with Crippen molar-refractivity contribution in [3.8, 4) is 0 Å². The standard InChI is InChI=1S/C13H14BrFN2S/c1-7-5-8(2)12(9(15)6-7)13(17-16)10-3-4-11(14)18-10/h3-6,13,17H,16H2,1-2H3. The predicted octanol–water partition coefficient (Wildman–Crippen LogP) is 3.82. The summed E-state index contributed by atoms with van der Waals surface area (Å²) in [5, 5.41) is 0. The quantitative estimate of drug-likeness (QED) is 0.664. The number of nitrogens with two attached hydrogens (primary N) is 1. The number of nitrogens with one attached hydrogen (secondary N) is 1. The van der Waals surface area contributed by atoms with E-state index in [4.69, 9.17) is 5.84 Å². The van der Waals surface area contributed by atoms with Gasteiger partial charge in [0.1, 0.15) is 5.82 Å². The first-order chi connectivity index (χ1) is 8.52. The fourth-order valence-corrected chi connectivity index (χ4v) is 3.58. The molecule has 96 valence electrons. The van der Waals surface area contributed by atoms with Gasteiger partial charge in [-0.3, -0.25) is 5.84 Å². The number of hydrazine groups is 1. The smallest absolute Gasteiger partial charge is 0.128 e. The lowest BCUT2D eigenvalue weighted by molar-refractivity contribution is 0.560. The highest BCUT2D eigenvalue weighted by Gasteiger charge is 2.20. The Morgan fingerprint density at radius 1 is 1.33 bits per heavy atom. The SMILES string of the molecule is Cc1cc(C)c(C(NN)c2ccc(Br)s2)c(F)c1. The zero-order valence-electron chi connectivity index (χ0n) is 10.1. The summed E-state index contributed by atoms with van der Waals surface area (Å²) >= 11 is 4.95. The summed E-state index contributed by atoms with van der Waals surface area (Å²) in [5.74, 6) is 5.37. The van der Waals surface area contributed by atoms with Crippen molar-refractivity contribution in [1.29, 1.82) is 0 Å². The Kier molecular flexibility index (Phi) is 4.17. The van der Waals surface area contributed by atoms with Crippen LogP contribution in [-0.4, -0.2) is 0 Å². The van der Waals surface area contributed by atoms with Crippen LogP contribution in [0.15, 0.2) is 28.1 Å². The molecule has 1 heterocycles. The molecule has 0 saturated heterocycles. The van der Waals surface area contributed by atoms with Crippen molar-refractivity contribution in [2.45, 2.75) is 19.9 Å². The van der Waals surface area contributed by atoms with E-state index in [0.29, 0.717) is 5.56 Å². The molecule has 0 amide bonds. The maximum atomic E-state index is 14.1. The van der Waals surface area contributed by atoms with Gasteiger partial charge in [-0.1, -0.05) is 6.07 Å². The average molecular weight is 329 g/mol. The Labute approximate surface area is 118 Å². The van der Waals surface area contributed by atoms with Gasteiger partial charge in [0, 0.05) is 10.4 Å². The van der Waals surface area contributed by atoms with Crippen molar-refractivity contribution >= 4 is 27.3 Å². The van der Waals surface area contributed by atoms with Crippen molar-refractivity contribution in [3.63, 3.8) is 0 Å². The molecule has 1 aromatic carbocycles. The van der Waals surface area contributed by atoms with Gasteiger partial charge >= 0.3 is 0 Å². The fourth-order valence-electron chi connectivity index (χ4n) is 2.08. The number of halogens is 2. The van der Waals surface area contributed by atoms with Gasteiger partial charge in [-0.05, 0) is 59.1 Å². The van der Waals surface area contributed by atoms with Crippen molar-refractivity contribution in [2.24, 2.45) is 5.84 Å². The van der Waals surface area contributed by atoms with Crippen LogP contribution in [0.25, 0.3) is 0 Å². The second kappa shape index (κ2) is 5.48. The van der Waals surface area contributed by atoms with Crippen LogP contribution < -0.4 is 11.3 Å². The average Bonchev–Trinajstić information content (AvgIpc) is 2.69. The van der Waals surface area contributed by atoms with Crippen molar-refractivity contribution in [3.05, 3.63) is 55.4 Å². The minimum atomic E-state index is -0.318. The third kappa shape index (κ3) is 2.64. The maximum absolute atomic E-state index is 14.1. The third-order valence-corrected chi connectivity index (χ3v) is 4.50. The summed E-state index contributed by atoms with van der Waals surface area (Å²) in [7, 11) is 0. The summed E-state index contributed by atoms with van der Waals surface area (Å²) in [6.07, 6.45) is 0. The van der Waals surface area contributed by atoms with E-state index in [1.165, 1.54) is 6.07 Å². The van der Waals surface area contributed by atoms with E-state index in [1.807, 2.05) is 32.0 Å². The number of aryl methyl sites for hydroxylation is 2. The Hall–Kier alpha value is -0.750. The van der Waals surface area contributed by atoms with Crippen LogP contribution in [0, 0.1) is 19.7 Å². The first-order valence-corrected chi connectivity index (χ1v) is 7.12. The molecule has 5 heteroatoms. The molecule has 1 atom stereocenters. The van der Waals surface area contributed by atoms with Gasteiger partial charge in [-0.2, -0.15) is 0 Å². The molecule has 0 aliphatic heterocycles. The zero-order valence-corrected chi connectivity index (χ0v) is 12.5. The summed E-state index contributed by atoms with van der Waals surface area (Å²) in [6.45, 7) is 3.78. The zero-order chi connectivity index (χ0) is 13.3. The normalized spacial score (nSPS) is 12.7. The Bertz CT molecular complexity index is 545. The Morgan fingerprint density at radius 2 is 2.06 bits per heavy atom.